The van der Waals surface area contributed by atoms with Crippen molar-refractivity contribution in [1.82, 2.24) is 15.1 Å². The number of amides is 3. The second-order valence-corrected chi connectivity index (χ2v) is 16.1. The molecule has 9 nitrogen and oxygen atoms in total. The molecule has 6 rings (SSSR count). The van der Waals surface area contributed by atoms with Crippen LogP contribution in [0.2, 0.25) is 0 Å². The lowest BCUT2D eigenvalue weighted by Crippen LogP contribution is -2.58. The molecule has 46 heavy (non-hydrogen) atoms. The lowest BCUT2D eigenvalue weighted by Gasteiger charge is -2.39. The number of thiophene rings is 1. The van der Waals surface area contributed by atoms with Gasteiger partial charge >= 0.3 is 13.3 Å². The van der Waals surface area contributed by atoms with Gasteiger partial charge in [0.1, 0.15) is 12.1 Å². The molecule has 0 bridgehead atoms. The van der Waals surface area contributed by atoms with Gasteiger partial charge < -0.3 is 24.9 Å². The smallest absolute Gasteiger partial charge is 0.340 e. The first kappa shape index (κ1) is 32.7. The Labute approximate surface area is 270 Å². The van der Waals surface area contributed by atoms with Gasteiger partial charge in [0, 0.05) is 34.3 Å². The van der Waals surface area contributed by atoms with Crippen molar-refractivity contribution in [3.05, 3.63) is 70.6 Å². The van der Waals surface area contributed by atoms with Gasteiger partial charge in [-0.3, -0.25) is 18.9 Å². The Morgan fingerprint density at radius 3 is 2.46 bits per heavy atom. The van der Waals surface area contributed by atoms with Crippen molar-refractivity contribution < 1.29 is 37.5 Å². The zero-order valence-corrected chi connectivity index (χ0v) is 27.4. The van der Waals surface area contributed by atoms with Gasteiger partial charge in [-0.15, -0.1) is 11.3 Å². The van der Waals surface area contributed by atoms with Crippen LogP contribution < -0.4 is 5.32 Å². The van der Waals surface area contributed by atoms with Crippen molar-refractivity contribution in [3.63, 3.8) is 0 Å². The highest BCUT2D eigenvalue weighted by Gasteiger charge is 2.51. The van der Waals surface area contributed by atoms with Gasteiger partial charge in [0.2, 0.25) is 11.8 Å². The highest BCUT2D eigenvalue weighted by atomic mass is 32.1. The molecule has 3 N–H and O–H groups in total. The highest BCUT2D eigenvalue weighted by Crippen LogP contribution is 2.59. The van der Waals surface area contributed by atoms with E-state index in [1.54, 1.807) is 4.90 Å². The number of carbonyl (C=O) groups excluding carboxylic acids is 3. The summed E-state index contributed by atoms with van der Waals surface area (Å²) in [6, 6.07) is 13.2. The summed E-state index contributed by atoms with van der Waals surface area (Å²) in [5.74, 6) is -0.686. The molecule has 3 aliphatic heterocycles. The van der Waals surface area contributed by atoms with Crippen LogP contribution in [0, 0.1) is 0 Å². The van der Waals surface area contributed by atoms with Gasteiger partial charge in [0.25, 0.3) is 5.91 Å². The zero-order valence-electron chi connectivity index (χ0n) is 25.7. The van der Waals surface area contributed by atoms with Crippen molar-refractivity contribution in [1.29, 1.82) is 0 Å². The predicted molar refractivity (Wildman–Crippen MR) is 171 cm³/mol. The van der Waals surface area contributed by atoms with Crippen LogP contribution in [0.25, 0.3) is 10.1 Å². The number of halogens is 2. The minimum atomic E-state index is -5.75. The van der Waals surface area contributed by atoms with Crippen LogP contribution >= 0.6 is 18.9 Å². The first-order valence-electron chi connectivity index (χ1n) is 15.6. The third-order valence-electron chi connectivity index (χ3n) is 9.80. The number of rotatable bonds is 6. The number of carbonyl (C=O) groups is 3. The monoisotopic (exact) mass is 673 g/mol. The number of hydrogen-bond acceptors (Lipinski definition) is 5. The Balaban J connectivity index is 1.20. The molecule has 4 heterocycles. The summed E-state index contributed by atoms with van der Waals surface area (Å²) in [4.78, 5) is 63.8. The number of fused-ring (bicyclic) bond motifs is 2. The lowest BCUT2D eigenvalue weighted by atomic mass is 9.91. The van der Waals surface area contributed by atoms with Gasteiger partial charge in [0.05, 0.1) is 4.88 Å². The third-order valence-corrected chi connectivity index (χ3v) is 11.9. The second-order valence-electron chi connectivity index (χ2n) is 13.3. The summed E-state index contributed by atoms with van der Waals surface area (Å²) < 4.78 is 40.4. The van der Waals surface area contributed by atoms with Gasteiger partial charge in [-0.2, -0.15) is 8.78 Å². The van der Waals surface area contributed by atoms with Gasteiger partial charge in [-0.1, -0.05) is 49.2 Å². The summed E-state index contributed by atoms with van der Waals surface area (Å²) in [6.07, 6.45) is 4.89. The van der Waals surface area contributed by atoms with Crippen LogP contribution in [0.1, 0.15) is 85.5 Å². The molecule has 3 amide bonds. The fraction of sp³-hybridized carbons (Fsp3) is 0.485. The van der Waals surface area contributed by atoms with Crippen LogP contribution in [-0.2, 0) is 19.8 Å². The average Bonchev–Trinajstić information content (AvgIpc) is 3.71. The summed E-state index contributed by atoms with van der Waals surface area (Å²) in [5, 5.41) is 3.09. The number of hydrogen-bond donors (Lipinski definition) is 3. The SMILES string of the molecule is CC1(C)C[C@@H](c2ccccc2)CN1C(=O)[C@@H]1CC[C@@H]2CCCC[C@H](NC(=O)c3cc4cc(C(F)(F)P(=O)(O)O)ccc4s3)C(=O)N21. The fourth-order valence-corrected chi connectivity index (χ4v) is 8.83. The molecule has 3 saturated heterocycles. The molecule has 246 valence electrons. The van der Waals surface area contributed by atoms with Crippen molar-refractivity contribution in [3.8, 4) is 0 Å². The minimum absolute atomic E-state index is 0.0580. The Hall–Kier alpha value is -3.18. The van der Waals surface area contributed by atoms with Gasteiger partial charge in [-0.25, -0.2) is 0 Å². The summed E-state index contributed by atoms with van der Waals surface area (Å²) in [6.45, 7) is 4.72. The van der Waals surface area contributed by atoms with E-state index in [0.717, 1.165) is 55.6 Å². The molecular formula is C33H38F2N3O6PS. The largest absolute Gasteiger partial charge is 0.399 e. The van der Waals surface area contributed by atoms with E-state index in [1.165, 1.54) is 17.7 Å². The molecule has 0 radical (unpaired) electrons. The maximum Gasteiger partial charge on any atom is 0.399 e. The number of nitrogens with one attached hydrogen (secondary N) is 1. The fourth-order valence-electron chi connectivity index (χ4n) is 7.41. The van der Waals surface area contributed by atoms with Gasteiger partial charge in [-0.05, 0) is 75.1 Å². The molecular weight excluding hydrogens is 635 g/mol. The number of nitrogens with zero attached hydrogens (tertiary/aromatic N) is 2. The van der Waals surface area contributed by atoms with E-state index >= 15 is 0 Å². The Morgan fingerprint density at radius 2 is 1.74 bits per heavy atom. The van der Waals surface area contributed by atoms with E-state index in [0.29, 0.717) is 24.1 Å². The highest BCUT2D eigenvalue weighted by molar-refractivity contribution is 7.52. The van der Waals surface area contributed by atoms with E-state index in [2.05, 4.69) is 31.3 Å². The number of benzene rings is 2. The molecule has 1 aromatic heterocycles. The van der Waals surface area contributed by atoms with Crippen LogP contribution in [0.3, 0.4) is 0 Å². The standard InChI is InChI=1S/C33H38F2N3O6PS/c1-32(2)18-22(20-8-4-3-5-9-20)19-37(32)31(41)26-14-13-24-10-6-7-11-25(30(40)38(24)26)36-29(39)28-17-21-16-23(12-15-27(21)46-28)33(34,35)45(42,43)44/h3-5,8-9,12,15-17,22,24-26H,6-7,10-11,13-14,18-19H2,1-2H3,(H,36,39)(H2,42,43,44)/t22-,24+,25+,26+/m1/s1. The lowest BCUT2D eigenvalue weighted by molar-refractivity contribution is -0.149. The second kappa shape index (κ2) is 12.1. The number of likely N-dealkylation sites (tertiary alicyclic amines) is 1. The maximum atomic E-state index is 14.3. The number of alkyl halides is 2. The van der Waals surface area contributed by atoms with E-state index < -0.39 is 36.8 Å². The predicted octanol–water partition coefficient (Wildman–Crippen LogP) is 5.96. The summed E-state index contributed by atoms with van der Waals surface area (Å²) >= 11 is 1.03. The van der Waals surface area contributed by atoms with Gasteiger partial charge in [0.15, 0.2) is 0 Å². The Bertz CT molecular complexity index is 1710. The van der Waals surface area contributed by atoms with E-state index in [9.17, 15) is 27.7 Å². The zero-order chi connectivity index (χ0) is 33.0. The van der Waals surface area contributed by atoms with E-state index in [1.807, 2.05) is 23.1 Å². The van der Waals surface area contributed by atoms with E-state index in [-0.39, 0.29) is 39.6 Å². The summed E-state index contributed by atoms with van der Waals surface area (Å²) in [5.41, 5.74) is -4.41. The maximum absolute atomic E-state index is 14.3. The topological polar surface area (TPSA) is 127 Å². The average molecular weight is 674 g/mol. The molecule has 0 unspecified atom stereocenters. The molecule has 3 fully saturated rings. The van der Waals surface area contributed by atoms with E-state index in [4.69, 9.17) is 9.79 Å². The molecule has 0 spiro atoms. The molecule has 0 aliphatic carbocycles. The molecule has 4 atom stereocenters. The first-order chi connectivity index (χ1) is 21.7. The Morgan fingerprint density at radius 1 is 1.02 bits per heavy atom. The summed E-state index contributed by atoms with van der Waals surface area (Å²) in [7, 11) is -5.75. The molecule has 0 saturated carbocycles. The van der Waals surface area contributed by atoms with Crippen LogP contribution in [-0.4, -0.2) is 67.5 Å². The van der Waals surface area contributed by atoms with Crippen molar-refractivity contribution in [2.45, 2.75) is 94.0 Å². The molecule has 3 aliphatic rings. The van der Waals surface area contributed by atoms with Crippen LogP contribution in [0.4, 0.5) is 8.78 Å². The third kappa shape index (κ3) is 6.01. The quantitative estimate of drug-likeness (QED) is 0.278. The molecule has 13 heteroatoms. The van der Waals surface area contributed by atoms with Crippen molar-refractivity contribution in [2.75, 3.05) is 6.54 Å². The minimum Gasteiger partial charge on any atom is -0.340 e. The molecule has 3 aromatic rings. The van der Waals surface area contributed by atoms with Crippen LogP contribution in [0.5, 0.6) is 0 Å². The first-order valence-corrected chi connectivity index (χ1v) is 18.1. The Kier molecular flexibility index (Phi) is 8.63. The van der Waals surface area contributed by atoms with Crippen molar-refractivity contribution in [2.24, 2.45) is 0 Å². The van der Waals surface area contributed by atoms with Crippen molar-refractivity contribution >= 4 is 46.7 Å². The molecule has 2 aromatic carbocycles. The normalized spacial score (nSPS) is 25.3. The van der Waals surface area contributed by atoms with Crippen LogP contribution in [0.15, 0.2) is 54.6 Å².